The molecule has 1 saturated heterocycles. The highest BCUT2D eigenvalue weighted by Gasteiger charge is 2.25. The van der Waals surface area contributed by atoms with Gasteiger partial charge in [-0.25, -0.2) is 4.39 Å². The fourth-order valence-electron chi connectivity index (χ4n) is 2.99. The maximum atomic E-state index is 14.0. The fourth-order valence-corrected chi connectivity index (χ4v) is 3.33. The second kappa shape index (κ2) is 7.36. The Bertz CT molecular complexity index is 501. The van der Waals surface area contributed by atoms with Crippen molar-refractivity contribution in [2.45, 2.75) is 38.6 Å². The normalized spacial score (nSPS) is 18.6. The van der Waals surface area contributed by atoms with Gasteiger partial charge in [-0.15, -0.1) is 0 Å². The van der Waals surface area contributed by atoms with Crippen LogP contribution < -0.4 is 0 Å². The van der Waals surface area contributed by atoms with Crippen LogP contribution in [-0.2, 0) is 4.79 Å². The Hall–Kier alpha value is -0.940. The van der Waals surface area contributed by atoms with E-state index < -0.39 is 5.97 Å². The number of carboxylic acids is 1. The summed E-state index contributed by atoms with van der Waals surface area (Å²) in [6.07, 6.45) is 3.00. The Balaban J connectivity index is 1.90. The lowest BCUT2D eigenvalue weighted by atomic mass is 9.91. The first-order valence-electron chi connectivity index (χ1n) is 7.38. The lowest BCUT2D eigenvalue weighted by molar-refractivity contribution is -0.137. The van der Waals surface area contributed by atoms with E-state index in [2.05, 4.69) is 20.8 Å². The lowest BCUT2D eigenvalue weighted by Gasteiger charge is -2.36. The largest absolute Gasteiger partial charge is 0.481 e. The summed E-state index contributed by atoms with van der Waals surface area (Å²) in [6.45, 7) is 3.84. The molecule has 1 unspecified atom stereocenters. The Morgan fingerprint density at radius 3 is 2.71 bits per heavy atom. The average Bonchev–Trinajstić information content (AvgIpc) is 2.45. The molecule has 1 aromatic rings. The molecular formula is C16H21BrFNO2. The van der Waals surface area contributed by atoms with Crippen molar-refractivity contribution in [3.05, 3.63) is 34.1 Å². The number of carboxylic acid groups (broad SMARTS) is 1. The van der Waals surface area contributed by atoms with Gasteiger partial charge in [-0.05, 0) is 57.3 Å². The van der Waals surface area contributed by atoms with Gasteiger partial charge in [0.15, 0.2) is 0 Å². The number of rotatable bonds is 5. The van der Waals surface area contributed by atoms with Crippen molar-refractivity contribution >= 4 is 21.9 Å². The molecule has 5 heteroatoms. The molecule has 0 amide bonds. The van der Waals surface area contributed by atoms with Gasteiger partial charge in [0.1, 0.15) is 5.82 Å². The van der Waals surface area contributed by atoms with Crippen LogP contribution in [0.25, 0.3) is 0 Å². The molecule has 3 nitrogen and oxygen atoms in total. The summed E-state index contributed by atoms with van der Waals surface area (Å²) in [5, 5.41) is 8.73. The second-order valence-electron chi connectivity index (χ2n) is 5.75. The first-order valence-corrected chi connectivity index (χ1v) is 8.17. The molecule has 1 atom stereocenters. The molecule has 1 fully saturated rings. The summed E-state index contributed by atoms with van der Waals surface area (Å²) < 4.78 is 14.8. The van der Waals surface area contributed by atoms with E-state index in [1.165, 1.54) is 6.07 Å². The predicted molar refractivity (Wildman–Crippen MR) is 83.7 cm³/mol. The van der Waals surface area contributed by atoms with E-state index in [0.717, 1.165) is 42.4 Å². The maximum Gasteiger partial charge on any atom is 0.303 e. The molecule has 0 aromatic heterocycles. The van der Waals surface area contributed by atoms with Gasteiger partial charge < -0.3 is 5.11 Å². The third kappa shape index (κ3) is 4.51. The topological polar surface area (TPSA) is 40.5 Å². The van der Waals surface area contributed by atoms with Crippen LogP contribution in [0.4, 0.5) is 4.39 Å². The van der Waals surface area contributed by atoms with Crippen LogP contribution in [0.2, 0.25) is 0 Å². The van der Waals surface area contributed by atoms with Crippen molar-refractivity contribution < 1.29 is 14.3 Å². The minimum Gasteiger partial charge on any atom is -0.481 e. The van der Waals surface area contributed by atoms with Gasteiger partial charge in [0.25, 0.3) is 0 Å². The summed E-state index contributed by atoms with van der Waals surface area (Å²) in [6, 6.07) is 5.26. The van der Waals surface area contributed by atoms with Gasteiger partial charge in [-0.3, -0.25) is 9.69 Å². The van der Waals surface area contributed by atoms with E-state index in [4.69, 9.17) is 5.11 Å². The molecule has 2 rings (SSSR count). The Morgan fingerprint density at radius 2 is 2.14 bits per heavy atom. The van der Waals surface area contributed by atoms with Crippen LogP contribution in [0.15, 0.2) is 22.7 Å². The first kappa shape index (κ1) is 16.4. The van der Waals surface area contributed by atoms with Crippen molar-refractivity contribution in [1.82, 2.24) is 4.90 Å². The van der Waals surface area contributed by atoms with Crippen LogP contribution >= 0.6 is 15.9 Å². The Labute approximate surface area is 133 Å². The van der Waals surface area contributed by atoms with Gasteiger partial charge in [-0.2, -0.15) is 0 Å². The number of carbonyl (C=O) groups is 1. The number of aliphatic carboxylic acids is 1. The lowest BCUT2D eigenvalue weighted by Crippen LogP contribution is -2.36. The SMILES string of the molecule is CC(c1ccc(Br)cc1F)N1CCC(CCC(=O)O)CC1. The molecule has 0 spiro atoms. The fraction of sp³-hybridized carbons (Fsp3) is 0.562. The molecule has 0 aliphatic carbocycles. The van der Waals surface area contributed by atoms with Crippen molar-refractivity contribution in [1.29, 1.82) is 0 Å². The van der Waals surface area contributed by atoms with E-state index in [-0.39, 0.29) is 18.3 Å². The number of hydrogen-bond acceptors (Lipinski definition) is 2. The smallest absolute Gasteiger partial charge is 0.303 e. The monoisotopic (exact) mass is 357 g/mol. The van der Waals surface area contributed by atoms with Crippen molar-refractivity contribution in [2.24, 2.45) is 5.92 Å². The van der Waals surface area contributed by atoms with Gasteiger partial charge in [0, 0.05) is 22.5 Å². The number of nitrogens with zero attached hydrogens (tertiary/aromatic N) is 1. The van der Waals surface area contributed by atoms with Crippen molar-refractivity contribution in [2.75, 3.05) is 13.1 Å². The molecule has 1 aromatic carbocycles. The zero-order valence-electron chi connectivity index (χ0n) is 12.2. The molecule has 1 aliphatic heterocycles. The van der Waals surface area contributed by atoms with Crippen LogP contribution in [0.5, 0.6) is 0 Å². The highest BCUT2D eigenvalue weighted by atomic mass is 79.9. The Morgan fingerprint density at radius 1 is 1.48 bits per heavy atom. The Kier molecular flexibility index (Phi) is 5.76. The quantitative estimate of drug-likeness (QED) is 0.857. The van der Waals surface area contributed by atoms with E-state index in [1.54, 1.807) is 0 Å². The van der Waals surface area contributed by atoms with Gasteiger partial charge >= 0.3 is 5.97 Å². The summed E-state index contributed by atoms with van der Waals surface area (Å²) in [7, 11) is 0. The first-order chi connectivity index (χ1) is 9.97. The molecule has 21 heavy (non-hydrogen) atoms. The standard InChI is InChI=1S/C16H21BrFNO2/c1-11(14-4-3-13(17)10-15(14)18)19-8-6-12(7-9-19)2-5-16(20)21/h3-4,10-12H,2,5-9H2,1H3,(H,20,21). The molecule has 116 valence electrons. The maximum absolute atomic E-state index is 14.0. The third-order valence-electron chi connectivity index (χ3n) is 4.38. The van der Waals surface area contributed by atoms with E-state index in [0.29, 0.717) is 5.92 Å². The highest BCUT2D eigenvalue weighted by molar-refractivity contribution is 9.10. The number of likely N-dealkylation sites (tertiary alicyclic amines) is 1. The van der Waals surface area contributed by atoms with Gasteiger partial charge in [-0.1, -0.05) is 22.0 Å². The summed E-state index contributed by atoms with van der Waals surface area (Å²) in [5.74, 6) is -0.410. The van der Waals surface area contributed by atoms with Crippen LogP contribution in [0, 0.1) is 11.7 Å². The van der Waals surface area contributed by atoms with E-state index in [9.17, 15) is 9.18 Å². The van der Waals surface area contributed by atoms with Crippen LogP contribution in [-0.4, -0.2) is 29.1 Å². The van der Waals surface area contributed by atoms with E-state index in [1.807, 2.05) is 19.1 Å². The van der Waals surface area contributed by atoms with Gasteiger partial charge in [0.2, 0.25) is 0 Å². The number of halogens is 2. The molecule has 1 aliphatic rings. The summed E-state index contributed by atoms with van der Waals surface area (Å²) in [4.78, 5) is 12.9. The summed E-state index contributed by atoms with van der Waals surface area (Å²) >= 11 is 3.28. The number of hydrogen-bond donors (Lipinski definition) is 1. The van der Waals surface area contributed by atoms with E-state index >= 15 is 0 Å². The third-order valence-corrected chi connectivity index (χ3v) is 4.87. The summed E-state index contributed by atoms with van der Waals surface area (Å²) in [5.41, 5.74) is 0.724. The van der Waals surface area contributed by atoms with Crippen molar-refractivity contribution in [3.8, 4) is 0 Å². The average molecular weight is 358 g/mol. The molecule has 0 saturated carbocycles. The van der Waals surface area contributed by atoms with Crippen molar-refractivity contribution in [3.63, 3.8) is 0 Å². The second-order valence-corrected chi connectivity index (χ2v) is 6.67. The molecule has 0 radical (unpaired) electrons. The zero-order chi connectivity index (χ0) is 15.4. The molecular weight excluding hydrogens is 337 g/mol. The number of piperidine rings is 1. The zero-order valence-corrected chi connectivity index (χ0v) is 13.8. The molecule has 1 heterocycles. The minimum atomic E-state index is -0.720. The number of benzene rings is 1. The van der Waals surface area contributed by atoms with Gasteiger partial charge in [0.05, 0.1) is 0 Å². The van der Waals surface area contributed by atoms with Crippen LogP contribution in [0.1, 0.15) is 44.2 Å². The predicted octanol–water partition coefficient (Wildman–Crippen LogP) is 4.23. The highest BCUT2D eigenvalue weighted by Crippen LogP contribution is 2.30. The molecule has 1 N–H and O–H groups in total. The molecule has 0 bridgehead atoms. The minimum absolute atomic E-state index is 0.0542. The van der Waals surface area contributed by atoms with Crippen LogP contribution in [0.3, 0.4) is 0 Å².